The molecule has 2 aromatic carbocycles. The van der Waals surface area contributed by atoms with Crippen LogP contribution in [-0.4, -0.2) is 41.2 Å². The molecule has 4 rings (SSSR count). The number of piperidine rings is 1. The predicted octanol–water partition coefficient (Wildman–Crippen LogP) is 3.46. The van der Waals surface area contributed by atoms with E-state index in [1.165, 1.54) is 39.9 Å². The van der Waals surface area contributed by atoms with Crippen LogP contribution in [0.15, 0.2) is 65.0 Å². The molecule has 1 aliphatic heterocycles. The number of hydrogen-bond acceptors (Lipinski definition) is 6. The standard InChI is InChI=1S/C22H21FN4O5S2/c1-2-11-26-19-14-17(27(29)30)5-8-20(19)33-22(26)24-21(28)15-9-12-25(13-10-15)34(31,32)18-6-3-16(23)4-7-18/h2-8,14-15H,1,9-13H2. The molecule has 12 heteroatoms. The fourth-order valence-corrected chi connectivity index (χ4v) is 6.34. The van der Waals surface area contributed by atoms with Crippen molar-refractivity contribution >= 4 is 43.2 Å². The van der Waals surface area contributed by atoms with Gasteiger partial charge in [-0.15, -0.1) is 6.58 Å². The van der Waals surface area contributed by atoms with Crippen LogP contribution in [0.4, 0.5) is 10.1 Å². The van der Waals surface area contributed by atoms with E-state index < -0.39 is 26.7 Å². The quantitative estimate of drug-likeness (QED) is 0.290. The molecule has 9 nitrogen and oxygen atoms in total. The van der Waals surface area contributed by atoms with Crippen LogP contribution >= 0.6 is 11.3 Å². The zero-order valence-corrected chi connectivity index (χ0v) is 19.6. The Morgan fingerprint density at radius 1 is 1.24 bits per heavy atom. The highest BCUT2D eigenvalue weighted by Gasteiger charge is 2.32. The first-order chi connectivity index (χ1) is 16.2. The molecule has 1 aliphatic rings. The predicted molar refractivity (Wildman–Crippen MR) is 125 cm³/mol. The Morgan fingerprint density at radius 3 is 2.53 bits per heavy atom. The third-order valence-corrected chi connectivity index (χ3v) is 8.62. The fraction of sp³-hybridized carbons (Fsp3) is 0.273. The zero-order valence-electron chi connectivity index (χ0n) is 18.0. The van der Waals surface area contributed by atoms with Gasteiger partial charge < -0.3 is 4.57 Å². The number of fused-ring (bicyclic) bond motifs is 1. The van der Waals surface area contributed by atoms with E-state index in [-0.39, 0.29) is 29.6 Å². The molecule has 1 aromatic heterocycles. The molecular formula is C22H21FN4O5S2. The minimum atomic E-state index is -3.77. The Bertz CT molecular complexity index is 1440. The Labute approximate surface area is 198 Å². The van der Waals surface area contributed by atoms with Crippen LogP contribution in [-0.2, 0) is 21.4 Å². The van der Waals surface area contributed by atoms with Gasteiger partial charge in [-0.2, -0.15) is 9.30 Å². The number of nitrogens with zero attached hydrogens (tertiary/aromatic N) is 4. The Balaban J connectivity index is 1.55. The molecule has 1 amide bonds. The van der Waals surface area contributed by atoms with Crippen molar-refractivity contribution in [2.45, 2.75) is 24.3 Å². The van der Waals surface area contributed by atoms with Crippen molar-refractivity contribution in [1.82, 2.24) is 8.87 Å². The first kappa shape index (κ1) is 23.9. The second kappa shape index (κ2) is 9.57. The lowest BCUT2D eigenvalue weighted by Gasteiger charge is -2.29. The summed E-state index contributed by atoms with van der Waals surface area (Å²) in [5, 5.41) is 11.1. The Hall–Kier alpha value is -3.22. The number of non-ortho nitro benzene ring substituents is 1. The molecule has 1 saturated heterocycles. The second-order valence-electron chi connectivity index (χ2n) is 7.78. The van der Waals surface area contributed by atoms with Gasteiger partial charge in [0.1, 0.15) is 5.82 Å². The number of rotatable bonds is 6. The summed E-state index contributed by atoms with van der Waals surface area (Å²) in [6.07, 6.45) is 2.23. The molecule has 0 bridgehead atoms. The van der Waals surface area contributed by atoms with Crippen LogP contribution in [0.2, 0.25) is 0 Å². The smallest absolute Gasteiger partial charge is 0.271 e. The maximum absolute atomic E-state index is 13.1. The number of amides is 1. The van der Waals surface area contributed by atoms with Gasteiger partial charge in [0.25, 0.3) is 11.6 Å². The van der Waals surface area contributed by atoms with Crippen LogP contribution < -0.4 is 4.80 Å². The number of sulfonamides is 1. The molecule has 0 atom stereocenters. The van der Waals surface area contributed by atoms with E-state index >= 15 is 0 Å². The average Bonchev–Trinajstić information content (AvgIpc) is 3.15. The number of nitro groups is 1. The number of hydrogen-bond donors (Lipinski definition) is 0. The van der Waals surface area contributed by atoms with Crippen LogP contribution in [0.1, 0.15) is 12.8 Å². The van der Waals surface area contributed by atoms with Gasteiger partial charge in [0.2, 0.25) is 10.0 Å². The maximum Gasteiger partial charge on any atom is 0.271 e. The van der Waals surface area contributed by atoms with Gasteiger partial charge in [-0.05, 0) is 43.2 Å². The molecule has 0 N–H and O–H groups in total. The fourth-order valence-electron chi connectivity index (χ4n) is 3.85. The van der Waals surface area contributed by atoms with Crippen molar-refractivity contribution in [3.05, 3.63) is 75.9 Å². The van der Waals surface area contributed by atoms with Gasteiger partial charge in [-0.25, -0.2) is 12.8 Å². The lowest BCUT2D eigenvalue weighted by atomic mass is 9.98. The Morgan fingerprint density at radius 2 is 1.91 bits per heavy atom. The van der Waals surface area contributed by atoms with Crippen LogP contribution in [0, 0.1) is 21.8 Å². The van der Waals surface area contributed by atoms with E-state index in [0.717, 1.165) is 16.8 Å². The molecule has 3 aromatic rings. The van der Waals surface area contributed by atoms with Gasteiger partial charge in [-0.3, -0.25) is 14.9 Å². The summed E-state index contributed by atoms with van der Waals surface area (Å²) < 4.78 is 42.5. The SMILES string of the molecule is C=CCn1c(=NC(=O)C2CCN(S(=O)(=O)c3ccc(F)cc3)CC2)sc2ccc([N+](=O)[O-])cc21. The van der Waals surface area contributed by atoms with Crippen LogP contribution in [0.25, 0.3) is 10.2 Å². The van der Waals surface area contributed by atoms with E-state index in [1.807, 2.05) is 0 Å². The maximum atomic E-state index is 13.1. The molecule has 2 heterocycles. The zero-order chi connectivity index (χ0) is 24.5. The van der Waals surface area contributed by atoms with Crippen molar-refractivity contribution < 1.29 is 22.5 Å². The number of carbonyl (C=O) groups excluding carboxylic acids is 1. The van der Waals surface area contributed by atoms with Gasteiger partial charge >= 0.3 is 0 Å². The third-order valence-electron chi connectivity index (χ3n) is 5.65. The monoisotopic (exact) mass is 504 g/mol. The van der Waals surface area contributed by atoms with Crippen molar-refractivity contribution in [1.29, 1.82) is 0 Å². The Kier molecular flexibility index (Phi) is 6.73. The molecule has 34 heavy (non-hydrogen) atoms. The first-order valence-corrected chi connectivity index (χ1v) is 12.7. The number of carbonyl (C=O) groups is 1. The van der Waals surface area contributed by atoms with Gasteiger partial charge in [0.05, 0.1) is 20.0 Å². The molecule has 0 aliphatic carbocycles. The highest BCUT2D eigenvalue weighted by Crippen LogP contribution is 2.26. The number of nitro benzene ring substituents is 1. The largest absolute Gasteiger partial charge is 0.312 e. The van der Waals surface area contributed by atoms with Crippen LogP contribution in [0.5, 0.6) is 0 Å². The first-order valence-electron chi connectivity index (χ1n) is 10.4. The van der Waals surface area contributed by atoms with Crippen LogP contribution in [0.3, 0.4) is 0 Å². The number of halogens is 1. The number of thiazole rings is 1. The molecule has 178 valence electrons. The van der Waals surface area contributed by atoms with Gasteiger partial charge in [0.15, 0.2) is 4.80 Å². The average molecular weight is 505 g/mol. The minimum Gasteiger partial charge on any atom is -0.312 e. The topological polar surface area (TPSA) is 115 Å². The normalized spacial score (nSPS) is 16.1. The lowest BCUT2D eigenvalue weighted by Crippen LogP contribution is -2.40. The van der Waals surface area contributed by atoms with E-state index in [2.05, 4.69) is 11.6 Å². The van der Waals surface area contributed by atoms with E-state index in [4.69, 9.17) is 0 Å². The van der Waals surface area contributed by atoms with Gasteiger partial charge in [0, 0.05) is 37.7 Å². The molecule has 0 spiro atoms. The van der Waals surface area contributed by atoms with E-state index in [9.17, 15) is 27.7 Å². The molecular weight excluding hydrogens is 483 g/mol. The summed E-state index contributed by atoms with van der Waals surface area (Å²) >= 11 is 1.25. The highest BCUT2D eigenvalue weighted by atomic mass is 32.2. The number of benzene rings is 2. The number of allylic oxidation sites excluding steroid dienone is 1. The van der Waals surface area contributed by atoms with E-state index in [1.54, 1.807) is 16.7 Å². The molecule has 0 saturated carbocycles. The van der Waals surface area contributed by atoms with Crippen molar-refractivity contribution in [2.75, 3.05) is 13.1 Å². The minimum absolute atomic E-state index is 0.00759. The second-order valence-corrected chi connectivity index (χ2v) is 10.7. The summed E-state index contributed by atoms with van der Waals surface area (Å²) in [7, 11) is -3.77. The summed E-state index contributed by atoms with van der Waals surface area (Å²) in [6, 6.07) is 9.11. The summed E-state index contributed by atoms with van der Waals surface area (Å²) in [6.45, 7) is 4.33. The summed E-state index contributed by atoms with van der Waals surface area (Å²) in [4.78, 5) is 28.3. The van der Waals surface area contributed by atoms with Crippen molar-refractivity contribution in [3.63, 3.8) is 0 Å². The summed E-state index contributed by atoms with van der Waals surface area (Å²) in [5.74, 6) is -1.33. The van der Waals surface area contributed by atoms with Gasteiger partial charge in [-0.1, -0.05) is 17.4 Å². The van der Waals surface area contributed by atoms with Crippen molar-refractivity contribution in [3.8, 4) is 0 Å². The number of aromatic nitrogens is 1. The van der Waals surface area contributed by atoms with E-state index in [0.29, 0.717) is 29.7 Å². The summed E-state index contributed by atoms with van der Waals surface area (Å²) in [5.41, 5.74) is 0.529. The highest BCUT2D eigenvalue weighted by molar-refractivity contribution is 7.89. The molecule has 1 fully saturated rings. The third kappa shape index (κ3) is 4.69. The lowest BCUT2D eigenvalue weighted by molar-refractivity contribution is -0.384. The molecule has 0 radical (unpaired) electrons. The molecule has 0 unspecified atom stereocenters. The van der Waals surface area contributed by atoms with Crippen molar-refractivity contribution in [2.24, 2.45) is 10.9 Å².